The molecule has 1 aliphatic rings. The van der Waals surface area contributed by atoms with Crippen LogP contribution >= 0.6 is 11.8 Å². The molecule has 13 heteroatoms. The Kier molecular flexibility index (Phi) is 13.8. The van der Waals surface area contributed by atoms with Gasteiger partial charge in [0, 0.05) is 18.8 Å². The molecule has 2 heterocycles. The maximum absolute atomic E-state index is 12.6. The first-order chi connectivity index (χ1) is 16.9. The molecule has 0 bridgehead atoms. The summed E-state index contributed by atoms with van der Waals surface area (Å²) < 4.78 is 23.3. The molecule has 1 aromatic rings. The smallest absolute Gasteiger partial charge is 0.307 e. The molecule has 0 saturated carbocycles. The van der Waals surface area contributed by atoms with Crippen molar-refractivity contribution in [3.05, 3.63) is 11.9 Å². The maximum atomic E-state index is 12.6. The third-order valence-electron chi connectivity index (χ3n) is 5.01. The van der Waals surface area contributed by atoms with Crippen LogP contribution in [0.2, 0.25) is 0 Å². The monoisotopic (exact) mass is 516 g/mol. The maximum Gasteiger partial charge on any atom is 0.307 e. The highest BCUT2D eigenvalue weighted by molar-refractivity contribution is 8.00. The number of carboxylic acid groups (broad SMARTS) is 1. The van der Waals surface area contributed by atoms with Crippen LogP contribution in [0.1, 0.15) is 32.4 Å². The first kappa shape index (κ1) is 29.2. The van der Waals surface area contributed by atoms with Crippen LogP contribution in [0.25, 0.3) is 0 Å². The summed E-state index contributed by atoms with van der Waals surface area (Å²) in [6.07, 6.45) is 2.74. The van der Waals surface area contributed by atoms with E-state index in [1.54, 1.807) is 17.8 Å². The van der Waals surface area contributed by atoms with Crippen molar-refractivity contribution in [1.82, 2.24) is 19.9 Å². The Morgan fingerprint density at radius 3 is 2.29 bits per heavy atom. The third-order valence-corrected chi connectivity index (χ3v) is 6.47. The fourth-order valence-electron chi connectivity index (χ4n) is 3.03. The van der Waals surface area contributed by atoms with Gasteiger partial charge in [-0.2, -0.15) is 0 Å². The van der Waals surface area contributed by atoms with Crippen LogP contribution in [0.15, 0.2) is 6.20 Å². The zero-order chi connectivity index (χ0) is 25.5. The number of aromatic nitrogens is 3. The molecule has 0 aromatic carbocycles. The van der Waals surface area contributed by atoms with Crippen LogP contribution in [-0.4, -0.2) is 107 Å². The van der Waals surface area contributed by atoms with Gasteiger partial charge in [-0.05, 0) is 6.42 Å². The predicted molar refractivity (Wildman–Crippen MR) is 127 cm³/mol. The number of amides is 2. The normalized spacial score (nSPS) is 16.9. The van der Waals surface area contributed by atoms with Gasteiger partial charge >= 0.3 is 5.97 Å². The van der Waals surface area contributed by atoms with Crippen molar-refractivity contribution < 1.29 is 38.4 Å². The molecule has 1 aliphatic heterocycles. The van der Waals surface area contributed by atoms with Gasteiger partial charge in [-0.25, -0.2) is 4.68 Å². The zero-order valence-electron chi connectivity index (χ0n) is 20.4. The summed E-state index contributed by atoms with van der Waals surface area (Å²) in [5.41, 5.74) is 0.500. The molecule has 1 saturated heterocycles. The number of rotatable bonds is 20. The van der Waals surface area contributed by atoms with E-state index >= 15 is 0 Å². The predicted octanol–water partition coefficient (Wildman–Crippen LogP) is 0.836. The minimum Gasteiger partial charge on any atom is -0.481 e. The molecule has 198 valence electrons. The molecule has 2 amide bonds. The van der Waals surface area contributed by atoms with Gasteiger partial charge in [0.05, 0.1) is 76.7 Å². The lowest BCUT2D eigenvalue weighted by Gasteiger charge is -2.13. The van der Waals surface area contributed by atoms with Crippen molar-refractivity contribution in [3.8, 4) is 0 Å². The van der Waals surface area contributed by atoms with E-state index in [0.717, 1.165) is 17.9 Å². The number of carbonyl (C=O) groups is 3. The van der Waals surface area contributed by atoms with Gasteiger partial charge in [0.25, 0.3) is 0 Å². The van der Waals surface area contributed by atoms with E-state index in [-0.39, 0.29) is 30.5 Å². The molecule has 35 heavy (non-hydrogen) atoms. The fraction of sp³-hybridized carbons (Fsp3) is 0.773. The number of nitrogens with zero attached hydrogens (tertiary/aromatic N) is 4. The number of carbonyl (C=O) groups excluding carboxylic acids is 2. The number of hydrogen-bond donors (Lipinski definition) is 1. The molecule has 2 atom stereocenters. The standard InChI is InChI=1S/C22H36N4O8S/c1-3-5-31-7-9-33-11-12-34-10-8-32-6-4-25-14-18(23-24-25)15-26-20(27)13-19(21(26)28)35-16-17(2)22(29)30/h14,17,19H,3-13,15-16H2,1-2H3,(H,29,30). The van der Waals surface area contributed by atoms with Crippen LogP contribution in [0.5, 0.6) is 0 Å². The highest BCUT2D eigenvalue weighted by atomic mass is 32.2. The number of carboxylic acids is 1. The molecule has 1 aromatic heterocycles. The van der Waals surface area contributed by atoms with Crippen LogP contribution in [-0.2, 0) is 46.4 Å². The summed E-state index contributed by atoms with van der Waals surface area (Å²) in [4.78, 5) is 36.9. The van der Waals surface area contributed by atoms with Crippen molar-refractivity contribution in [2.75, 3.05) is 58.6 Å². The van der Waals surface area contributed by atoms with Crippen LogP contribution in [0, 0.1) is 5.92 Å². The highest BCUT2D eigenvalue weighted by Gasteiger charge is 2.39. The summed E-state index contributed by atoms with van der Waals surface area (Å²) >= 11 is 1.21. The second-order valence-corrected chi connectivity index (χ2v) is 9.24. The Hall–Kier alpha value is -2.06. The topological polar surface area (TPSA) is 142 Å². The Balaban J connectivity index is 1.56. The number of aliphatic carboxylic acids is 1. The van der Waals surface area contributed by atoms with E-state index in [9.17, 15) is 14.4 Å². The molecule has 1 N–H and O–H groups in total. The average molecular weight is 517 g/mol. The summed E-state index contributed by atoms with van der Waals surface area (Å²) in [5.74, 6) is -1.83. The quantitative estimate of drug-likeness (QED) is 0.194. The van der Waals surface area contributed by atoms with E-state index in [4.69, 9.17) is 24.1 Å². The first-order valence-corrected chi connectivity index (χ1v) is 12.9. The van der Waals surface area contributed by atoms with Crippen LogP contribution in [0.4, 0.5) is 0 Å². The molecule has 0 spiro atoms. The van der Waals surface area contributed by atoms with E-state index in [0.29, 0.717) is 58.5 Å². The van der Waals surface area contributed by atoms with Crippen LogP contribution in [0.3, 0.4) is 0 Å². The highest BCUT2D eigenvalue weighted by Crippen LogP contribution is 2.27. The lowest BCUT2D eigenvalue weighted by Crippen LogP contribution is -2.31. The minimum absolute atomic E-state index is 0.0463. The lowest BCUT2D eigenvalue weighted by molar-refractivity contribution is -0.141. The number of thioether (sulfide) groups is 1. The number of ether oxygens (including phenoxy) is 4. The minimum atomic E-state index is -0.923. The second-order valence-electron chi connectivity index (χ2n) is 8.01. The number of hydrogen-bond acceptors (Lipinski definition) is 10. The fourth-order valence-corrected chi connectivity index (χ4v) is 4.22. The van der Waals surface area contributed by atoms with Crippen molar-refractivity contribution in [2.45, 2.75) is 45.0 Å². The average Bonchev–Trinajstić information content (AvgIpc) is 3.39. The Morgan fingerprint density at radius 2 is 1.69 bits per heavy atom. The van der Waals surface area contributed by atoms with E-state index in [1.807, 2.05) is 0 Å². The van der Waals surface area contributed by atoms with E-state index in [1.165, 1.54) is 11.8 Å². The number of likely N-dealkylation sites (tertiary alicyclic amines) is 1. The molecular weight excluding hydrogens is 480 g/mol. The van der Waals surface area contributed by atoms with Crippen molar-refractivity contribution in [1.29, 1.82) is 0 Å². The van der Waals surface area contributed by atoms with Gasteiger partial charge < -0.3 is 24.1 Å². The third kappa shape index (κ3) is 11.0. The molecule has 12 nitrogen and oxygen atoms in total. The van der Waals surface area contributed by atoms with Gasteiger partial charge in [0.1, 0.15) is 5.69 Å². The van der Waals surface area contributed by atoms with Gasteiger partial charge in [-0.3, -0.25) is 19.3 Å². The van der Waals surface area contributed by atoms with E-state index in [2.05, 4.69) is 17.2 Å². The molecule has 1 fully saturated rings. The molecule has 0 radical (unpaired) electrons. The van der Waals surface area contributed by atoms with Gasteiger partial charge in [0.15, 0.2) is 0 Å². The molecule has 2 rings (SSSR count). The van der Waals surface area contributed by atoms with Gasteiger partial charge in [0.2, 0.25) is 11.8 Å². The SMILES string of the molecule is CCCOCCOCCOCCOCCn1cc(CN2C(=O)CC(SCC(C)C(=O)O)C2=O)nn1. The number of imide groups is 1. The summed E-state index contributed by atoms with van der Waals surface area (Å²) in [7, 11) is 0. The van der Waals surface area contributed by atoms with Crippen molar-refractivity contribution in [2.24, 2.45) is 5.92 Å². The van der Waals surface area contributed by atoms with Crippen LogP contribution < -0.4 is 0 Å². The summed E-state index contributed by atoms with van der Waals surface area (Å²) in [6, 6.07) is 0. The second kappa shape index (κ2) is 16.6. The molecule has 0 aliphatic carbocycles. The van der Waals surface area contributed by atoms with Gasteiger partial charge in [-0.1, -0.05) is 19.1 Å². The molecule has 2 unspecified atom stereocenters. The molecular formula is C22H36N4O8S. The Labute approximate surface area is 209 Å². The summed E-state index contributed by atoms with van der Waals surface area (Å²) in [6.45, 7) is 8.39. The first-order valence-electron chi connectivity index (χ1n) is 11.8. The van der Waals surface area contributed by atoms with Crippen molar-refractivity contribution >= 4 is 29.5 Å². The zero-order valence-corrected chi connectivity index (χ0v) is 21.2. The van der Waals surface area contributed by atoms with Gasteiger partial charge in [-0.15, -0.1) is 16.9 Å². The van der Waals surface area contributed by atoms with Crippen molar-refractivity contribution in [3.63, 3.8) is 0 Å². The Bertz CT molecular complexity index is 793. The largest absolute Gasteiger partial charge is 0.481 e. The Morgan fingerprint density at radius 1 is 1.09 bits per heavy atom. The summed E-state index contributed by atoms with van der Waals surface area (Å²) in [5, 5.41) is 16.5. The van der Waals surface area contributed by atoms with E-state index < -0.39 is 17.1 Å². The lowest BCUT2D eigenvalue weighted by atomic mass is 10.2.